The molecule has 1 aliphatic rings. The first kappa shape index (κ1) is 14.8. The molecule has 0 radical (unpaired) electrons. The highest BCUT2D eigenvalue weighted by Gasteiger charge is 2.21. The van der Waals surface area contributed by atoms with E-state index in [-0.39, 0.29) is 0 Å². The molecule has 0 unspecified atom stereocenters. The minimum atomic E-state index is 0.353. The largest absolute Gasteiger partial charge is 0.439 e. The van der Waals surface area contributed by atoms with E-state index in [1.165, 1.54) is 12.8 Å². The van der Waals surface area contributed by atoms with E-state index in [9.17, 15) is 0 Å². The smallest absolute Gasteiger partial charge is 0.252 e. The Kier molecular flexibility index (Phi) is 4.20. The maximum absolute atomic E-state index is 5.66. The number of ether oxygens (including phenoxy) is 2. The zero-order chi connectivity index (χ0) is 16.2. The van der Waals surface area contributed by atoms with E-state index >= 15 is 0 Å². The summed E-state index contributed by atoms with van der Waals surface area (Å²) in [4.78, 5) is 8.61. The van der Waals surface area contributed by atoms with E-state index in [1.807, 2.05) is 36.4 Å². The van der Waals surface area contributed by atoms with E-state index in [0.717, 1.165) is 17.9 Å². The number of aromatic nitrogens is 3. The Hall–Kier alpha value is -2.73. The number of nitrogens with zero attached hydrogens (tertiary/aromatic N) is 3. The van der Waals surface area contributed by atoms with E-state index in [1.54, 1.807) is 12.3 Å². The SMILES string of the molecule is c1ccc(Oc2ccc(-c3noc(COCC4CC4)n3)cn2)cc1. The van der Waals surface area contributed by atoms with Gasteiger partial charge in [0.15, 0.2) is 0 Å². The minimum absolute atomic E-state index is 0.353. The highest BCUT2D eigenvalue weighted by molar-refractivity contribution is 5.53. The molecule has 0 aliphatic heterocycles. The van der Waals surface area contributed by atoms with Crippen LogP contribution in [0.1, 0.15) is 18.7 Å². The van der Waals surface area contributed by atoms with Crippen molar-refractivity contribution in [3.63, 3.8) is 0 Å². The van der Waals surface area contributed by atoms with Gasteiger partial charge in [-0.2, -0.15) is 4.98 Å². The van der Waals surface area contributed by atoms with Gasteiger partial charge in [0.1, 0.15) is 12.4 Å². The van der Waals surface area contributed by atoms with Gasteiger partial charge in [0, 0.05) is 17.8 Å². The molecule has 1 aliphatic carbocycles. The molecule has 0 spiro atoms. The summed E-state index contributed by atoms with van der Waals surface area (Å²) in [7, 11) is 0. The summed E-state index contributed by atoms with van der Waals surface area (Å²) in [5, 5.41) is 3.97. The molecule has 0 bridgehead atoms. The van der Waals surface area contributed by atoms with Crippen LogP contribution in [0.15, 0.2) is 53.2 Å². The fourth-order valence-electron chi connectivity index (χ4n) is 2.21. The highest BCUT2D eigenvalue weighted by Crippen LogP contribution is 2.29. The molecule has 0 atom stereocenters. The lowest BCUT2D eigenvalue weighted by atomic mass is 10.3. The zero-order valence-electron chi connectivity index (χ0n) is 13.1. The van der Waals surface area contributed by atoms with E-state index in [2.05, 4.69) is 15.1 Å². The fourth-order valence-corrected chi connectivity index (χ4v) is 2.21. The summed E-state index contributed by atoms with van der Waals surface area (Å²) in [6, 6.07) is 13.1. The van der Waals surface area contributed by atoms with Crippen molar-refractivity contribution < 1.29 is 14.0 Å². The number of rotatable bonds is 7. The van der Waals surface area contributed by atoms with Crippen molar-refractivity contribution in [1.29, 1.82) is 0 Å². The molecule has 3 aromatic rings. The second-order valence-corrected chi connectivity index (χ2v) is 5.77. The van der Waals surface area contributed by atoms with Crippen LogP contribution in [0.5, 0.6) is 11.6 Å². The summed E-state index contributed by atoms with van der Waals surface area (Å²) in [6.07, 6.45) is 4.19. The molecule has 0 N–H and O–H groups in total. The molecular weight excluding hydrogens is 306 g/mol. The van der Waals surface area contributed by atoms with Gasteiger partial charge in [0.2, 0.25) is 11.7 Å². The van der Waals surface area contributed by atoms with Crippen molar-refractivity contribution in [2.45, 2.75) is 19.4 Å². The van der Waals surface area contributed by atoms with Gasteiger partial charge in [0.05, 0.1) is 6.61 Å². The summed E-state index contributed by atoms with van der Waals surface area (Å²) >= 11 is 0. The van der Waals surface area contributed by atoms with Crippen molar-refractivity contribution in [2.75, 3.05) is 6.61 Å². The van der Waals surface area contributed by atoms with Gasteiger partial charge < -0.3 is 14.0 Å². The van der Waals surface area contributed by atoms with Gasteiger partial charge in [-0.05, 0) is 37.0 Å². The molecule has 1 aromatic carbocycles. The van der Waals surface area contributed by atoms with Crippen LogP contribution in [0.25, 0.3) is 11.4 Å². The van der Waals surface area contributed by atoms with Crippen LogP contribution >= 0.6 is 0 Å². The minimum Gasteiger partial charge on any atom is -0.439 e. The Labute approximate surface area is 139 Å². The third-order valence-corrected chi connectivity index (χ3v) is 3.70. The third-order valence-electron chi connectivity index (χ3n) is 3.70. The van der Waals surface area contributed by atoms with Gasteiger partial charge >= 0.3 is 0 Å². The predicted octanol–water partition coefficient (Wildman–Crippen LogP) is 3.85. The molecule has 2 aromatic heterocycles. The first-order valence-corrected chi connectivity index (χ1v) is 7.96. The second-order valence-electron chi connectivity index (χ2n) is 5.77. The van der Waals surface area contributed by atoms with Crippen molar-refractivity contribution in [3.05, 3.63) is 54.6 Å². The third kappa shape index (κ3) is 3.78. The van der Waals surface area contributed by atoms with E-state index in [4.69, 9.17) is 14.0 Å². The number of para-hydroxylation sites is 1. The van der Waals surface area contributed by atoms with Crippen LogP contribution in [0.3, 0.4) is 0 Å². The van der Waals surface area contributed by atoms with E-state index < -0.39 is 0 Å². The average Bonchev–Trinajstić information content (AvgIpc) is 3.32. The molecule has 2 heterocycles. The summed E-state index contributed by atoms with van der Waals surface area (Å²) in [5.41, 5.74) is 0.771. The summed E-state index contributed by atoms with van der Waals surface area (Å²) in [5.74, 6) is 2.96. The van der Waals surface area contributed by atoms with Crippen molar-refractivity contribution in [1.82, 2.24) is 15.1 Å². The molecule has 1 fully saturated rings. The van der Waals surface area contributed by atoms with Crippen molar-refractivity contribution in [3.8, 4) is 23.0 Å². The first-order valence-electron chi connectivity index (χ1n) is 7.96. The lowest BCUT2D eigenvalue weighted by Gasteiger charge is -2.04. The quantitative estimate of drug-likeness (QED) is 0.658. The molecule has 0 amide bonds. The molecule has 4 rings (SSSR count). The van der Waals surface area contributed by atoms with Crippen molar-refractivity contribution >= 4 is 0 Å². The van der Waals surface area contributed by atoms with E-state index in [0.29, 0.717) is 30.1 Å². The van der Waals surface area contributed by atoms with Crippen LogP contribution in [-0.4, -0.2) is 21.7 Å². The van der Waals surface area contributed by atoms with Gasteiger partial charge in [-0.15, -0.1) is 0 Å². The maximum Gasteiger partial charge on any atom is 0.252 e. The van der Waals surface area contributed by atoms with Crippen LogP contribution in [0.2, 0.25) is 0 Å². The number of pyridine rings is 1. The Morgan fingerprint density at radius 1 is 1.08 bits per heavy atom. The van der Waals surface area contributed by atoms with Crippen LogP contribution in [-0.2, 0) is 11.3 Å². The lowest BCUT2D eigenvalue weighted by Crippen LogP contribution is -1.97. The van der Waals surface area contributed by atoms with Crippen molar-refractivity contribution in [2.24, 2.45) is 5.92 Å². The summed E-state index contributed by atoms with van der Waals surface area (Å²) < 4.78 is 16.4. The topological polar surface area (TPSA) is 70.3 Å². The molecule has 6 nitrogen and oxygen atoms in total. The number of hydrogen-bond acceptors (Lipinski definition) is 6. The van der Waals surface area contributed by atoms with Crippen LogP contribution < -0.4 is 4.74 Å². The number of benzene rings is 1. The van der Waals surface area contributed by atoms with Gasteiger partial charge in [0.25, 0.3) is 5.89 Å². The normalized spacial score (nSPS) is 13.8. The van der Waals surface area contributed by atoms with Gasteiger partial charge in [-0.1, -0.05) is 23.4 Å². The molecule has 0 saturated heterocycles. The zero-order valence-corrected chi connectivity index (χ0v) is 13.1. The Morgan fingerprint density at radius 3 is 2.71 bits per heavy atom. The van der Waals surface area contributed by atoms with Gasteiger partial charge in [-0.25, -0.2) is 4.98 Å². The standard InChI is InChI=1S/C18H17N3O3/c1-2-4-15(5-3-1)23-16-9-8-14(10-19-16)18-20-17(24-21-18)12-22-11-13-6-7-13/h1-5,8-10,13H,6-7,11-12H2. The fraction of sp³-hybridized carbons (Fsp3) is 0.278. The Morgan fingerprint density at radius 2 is 1.96 bits per heavy atom. The average molecular weight is 323 g/mol. The predicted molar refractivity (Wildman–Crippen MR) is 86.4 cm³/mol. The molecule has 1 saturated carbocycles. The maximum atomic E-state index is 5.66. The monoisotopic (exact) mass is 323 g/mol. The molecule has 24 heavy (non-hydrogen) atoms. The van der Waals surface area contributed by atoms with Crippen LogP contribution in [0.4, 0.5) is 0 Å². The second kappa shape index (κ2) is 6.80. The summed E-state index contributed by atoms with van der Waals surface area (Å²) in [6.45, 7) is 1.12. The molecule has 122 valence electrons. The highest BCUT2D eigenvalue weighted by atomic mass is 16.5. The van der Waals surface area contributed by atoms with Crippen LogP contribution in [0, 0.1) is 5.92 Å². The lowest BCUT2D eigenvalue weighted by molar-refractivity contribution is 0.0894. The van der Waals surface area contributed by atoms with Gasteiger partial charge in [-0.3, -0.25) is 0 Å². The molecule has 6 heteroatoms. The first-order chi connectivity index (χ1) is 11.9. The number of hydrogen-bond donors (Lipinski definition) is 0. The Bertz CT molecular complexity index is 783. The molecular formula is C18H17N3O3. The Balaban J connectivity index is 1.38.